The van der Waals surface area contributed by atoms with Crippen LogP contribution in [0.1, 0.15) is 36.9 Å². The SMILES string of the molecule is C[C@@H](Sc1nnnn1C)C(=O)N[C@@H]1CCCc2ccccc21. The van der Waals surface area contributed by atoms with Gasteiger partial charge in [-0.3, -0.25) is 4.79 Å². The molecular weight excluding hydrogens is 298 g/mol. The fourth-order valence-corrected chi connectivity index (χ4v) is 3.49. The van der Waals surface area contributed by atoms with Gasteiger partial charge in [-0.25, -0.2) is 4.68 Å². The first-order chi connectivity index (χ1) is 10.6. The van der Waals surface area contributed by atoms with Crippen LogP contribution in [-0.4, -0.2) is 31.4 Å². The van der Waals surface area contributed by atoms with E-state index in [9.17, 15) is 4.79 Å². The minimum absolute atomic E-state index is 0.0229. The van der Waals surface area contributed by atoms with Crippen molar-refractivity contribution in [2.45, 2.75) is 42.6 Å². The minimum Gasteiger partial charge on any atom is -0.348 e. The number of tetrazole rings is 1. The van der Waals surface area contributed by atoms with E-state index >= 15 is 0 Å². The second-order valence-electron chi connectivity index (χ2n) is 5.50. The number of amides is 1. The molecule has 0 aliphatic heterocycles. The maximum absolute atomic E-state index is 12.4. The monoisotopic (exact) mass is 317 g/mol. The fourth-order valence-electron chi connectivity index (χ4n) is 2.73. The number of thioether (sulfide) groups is 1. The van der Waals surface area contributed by atoms with Gasteiger partial charge in [0.1, 0.15) is 0 Å². The summed E-state index contributed by atoms with van der Waals surface area (Å²) in [7, 11) is 1.77. The molecule has 1 aromatic heterocycles. The Balaban J connectivity index is 1.66. The van der Waals surface area contributed by atoms with Crippen molar-refractivity contribution in [2.24, 2.45) is 7.05 Å². The van der Waals surface area contributed by atoms with E-state index in [2.05, 4.69) is 39.0 Å². The van der Waals surface area contributed by atoms with Crippen molar-refractivity contribution in [2.75, 3.05) is 0 Å². The average molecular weight is 317 g/mol. The van der Waals surface area contributed by atoms with Crippen LogP contribution in [0.25, 0.3) is 0 Å². The highest BCUT2D eigenvalue weighted by atomic mass is 32.2. The Morgan fingerprint density at radius 2 is 2.27 bits per heavy atom. The molecule has 0 fully saturated rings. The van der Waals surface area contributed by atoms with Crippen LogP contribution in [0, 0.1) is 0 Å². The number of hydrogen-bond acceptors (Lipinski definition) is 5. The third-order valence-electron chi connectivity index (χ3n) is 3.92. The van der Waals surface area contributed by atoms with Crippen molar-refractivity contribution in [3.63, 3.8) is 0 Å². The van der Waals surface area contributed by atoms with Crippen LogP contribution >= 0.6 is 11.8 Å². The van der Waals surface area contributed by atoms with Gasteiger partial charge in [0.05, 0.1) is 11.3 Å². The van der Waals surface area contributed by atoms with Gasteiger partial charge in [0.2, 0.25) is 11.1 Å². The normalized spacial score (nSPS) is 18.5. The molecule has 2 atom stereocenters. The third kappa shape index (κ3) is 3.14. The maximum atomic E-state index is 12.4. The fraction of sp³-hybridized carbons (Fsp3) is 0.467. The molecule has 0 spiro atoms. The molecule has 22 heavy (non-hydrogen) atoms. The van der Waals surface area contributed by atoms with E-state index in [0.717, 1.165) is 19.3 Å². The average Bonchev–Trinajstić information content (AvgIpc) is 2.93. The summed E-state index contributed by atoms with van der Waals surface area (Å²) in [5, 5.41) is 14.9. The molecular formula is C15H19N5OS. The summed E-state index contributed by atoms with van der Waals surface area (Å²) in [4.78, 5) is 12.4. The van der Waals surface area contributed by atoms with Crippen molar-refractivity contribution in [3.8, 4) is 0 Å². The van der Waals surface area contributed by atoms with Crippen molar-refractivity contribution >= 4 is 17.7 Å². The van der Waals surface area contributed by atoms with Crippen molar-refractivity contribution < 1.29 is 4.79 Å². The molecule has 6 nitrogen and oxygen atoms in total. The Kier molecular flexibility index (Phi) is 4.42. The van der Waals surface area contributed by atoms with E-state index in [4.69, 9.17) is 0 Å². The number of benzene rings is 1. The van der Waals surface area contributed by atoms with Crippen molar-refractivity contribution in [3.05, 3.63) is 35.4 Å². The van der Waals surface area contributed by atoms with E-state index in [1.165, 1.54) is 22.9 Å². The zero-order valence-corrected chi connectivity index (χ0v) is 13.5. The predicted molar refractivity (Wildman–Crippen MR) is 84.4 cm³/mol. The highest BCUT2D eigenvalue weighted by Gasteiger charge is 2.24. The number of carbonyl (C=O) groups is 1. The van der Waals surface area contributed by atoms with Gasteiger partial charge in [-0.15, -0.1) is 5.10 Å². The van der Waals surface area contributed by atoms with Gasteiger partial charge < -0.3 is 5.32 Å². The second-order valence-corrected chi connectivity index (χ2v) is 6.81. The Hall–Kier alpha value is -1.89. The van der Waals surface area contributed by atoms with E-state index in [1.54, 1.807) is 11.7 Å². The Labute approximate surface area is 133 Å². The van der Waals surface area contributed by atoms with Crippen molar-refractivity contribution in [1.82, 2.24) is 25.5 Å². The lowest BCUT2D eigenvalue weighted by Crippen LogP contribution is -2.36. The molecule has 1 aliphatic carbocycles. The largest absolute Gasteiger partial charge is 0.348 e. The Morgan fingerprint density at radius 3 is 3.05 bits per heavy atom. The van der Waals surface area contributed by atoms with E-state index in [0.29, 0.717) is 5.16 Å². The molecule has 0 unspecified atom stereocenters. The first kappa shape index (κ1) is 15.0. The molecule has 1 aromatic carbocycles. The van der Waals surface area contributed by atoms with Gasteiger partial charge in [0.15, 0.2) is 0 Å². The van der Waals surface area contributed by atoms with Gasteiger partial charge in [-0.05, 0) is 47.7 Å². The molecule has 3 rings (SSSR count). The molecule has 0 radical (unpaired) electrons. The second kappa shape index (κ2) is 6.48. The Bertz CT molecular complexity index is 671. The molecule has 116 valence electrons. The molecule has 0 bridgehead atoms. The summed E-state index contributed by atoms with van der Waals surface area (Å²) in [5.41, 5.74) is 2.59. The van der Waals surface area contributed by atoms with E-state index in [-0.39, 0.29) is 17.2 Å². The topological polar surface area (TPSA) is 72.7 Å². The van der Waals surface area contributed by atoms with E-state index in [1.807, 2.05) is 13.0 Å². The molecule has 1 N–H and O–H groups in total. The lowest BCUT2D eigenvalue weighted by atomic mass is 9.88. The standard InChI is InChI=1S/C15H19N5OS/c1-10(22-15-17-18-19-20(15)2)14(21)16-13-9-5-7-11-6-3-4-8-12(11)13/h3-4,6,8,10,13H,5,7,9H2,1-2H3,(H,16,21)/t10-,13-/m1/s1. The lowest BCUT2D eigenvalue weighted by molar-refractivity contribution is -0.121. The first-order valence-corrected chi connectivity index (χ1v) is 8.30. The van der Waals surface area contributed by atoms with Gasteiger partial charge in [-0.2, -0.15) is 0 Å². The number of fused-ring (bicyclic) bond motifs is 1. The number of aromatic nitrogens is 4. The number of carbonyl (C=O) groups excluding carboxylic acids is 1. The number of nitrogens with one attached hydrogen (secondary N) is 1. The van der Waals surface area contributed by atoms with Crippen molar-refractivity contribution in [1.29, 1.82) is 0 Å². The predicted octanol–water partition coefficient (Wildman–Crippen LogP) is 1.88. The molecule has 1 heterocycles. The molecule has 1 amide bonds. The van der Waals surface area contributed by atoms with Gasteiger partial charge in [-0.1, -0.05) is 36.0 Å². The summed E-state index contributed by atoms with van der Waals surface area (Å²) in [6, 6.07) is 8.47. The van der Waals surface area contributed by atoms with E-state index < -0.39 is 0 Å². The smallest absolute Gasteiger partial charge is 0.233 e. The molecule has 0 saturated carbocycles. The van der Waals surface area contributed by atoms with Crippen LogP contribution in [0.2, 0.25) is 0 Å². The molecule has 0 saturated heterocycles. The highest BCUT2D eigenvalue weighted by molar-refractivity contribution is 8.00. The van der Waals surface area contributed by atoms with Crippen LogP contribution in [-0.2, 0) is 18.3 Å². The van der Waals surface area contributed by atoms with Gasteiger partial charge in [0, 0.05) is 7.05 Å². The third-order valence-corrected chi connectivity index (χ3v) is 5.04. The molecule has 2 aromatic rings. The summed E-state index contributed by atoms with van der Waals surface area (Å²) < 4.78 is 1.57. The quantitative estimate of drug-likeness (QED) is 0.872. The summed E-state index contributed by atoms with van der Waals surface area (Å²) >= 11 is 1.37. The Morgan fingerprint density at radius 1 is 1.45 bits per heavy atom. The van der Waals surface area contributed by atoms with Crippen LogP contribution in [0.3, 0.4) is 0 Å². The number of rotatable bonds is 4. The van der Waals surface area contributed by atoms with Crippen LogP contribution in [0.4, 0.5) is 0 Å². The number of nitrogens with zero attached hydrogens (tertiary/aromatic N) is 4. The summed E-state index contributed by atoms with van der Waals surface area (Å²) in [6.07, 6.45) is 3.19. The highest BCUT2D eigenvalue weighted by Crippen LogP contribution is 2.30. The van der Waals surface area contributed by atoms with Crippen LogP contribution in [0.5, 0.6) is 0 Å². The minimum atomic E-state index is -0.237. The number of aryl methyl sites for hydroxylation is 2. The maximum Gasteiger partial charge on any atom is 0.233 e. The zero-order valence-electron chi connectivity index (χ0n) is 12.7. The summed E-state index contributed by atoms with van der Waals surface area (Å²) in [5.74, 6) is 0.0229. The van der Waals surface area contributed by atoms with Gasteiger partial charge >= 0.3 is 0 Å². The van der Waals surface area contributed by atoms with Gasteiger partial charge in [0.25, 0.3) is 0 Å². The molecule has 1 aliphatic rings. The lowest BCUT2D eigenvalue weighted by Gasteiger charge is -2.27. The summed E-state index contributed by atoms with van der Waals surface area (Å²) in [6.45, 7) is 1.88. The number of hydrogen-bond donors (Lipinski definition) is 1. The van der Waals surface area contributed by atoms with Crippen LogP contribution < -0.4 is 5.32 Å². The molecule has 7 heteroatoms. The van der Waals surface area contributed by atoms with Crippen LogP contribution in [0.15, 0.2) is 29.4 Å². The zero-order chi connectivity index (χ0) is 15.5. The first-order valence-electron chi connectivity index (χ1n) is 7.42.